The first kappa shape index (κ1) is 7.89. The molecule has 0 spiro atoms. The predicted octanol–water partition coefficient (Wildman–Crippen LogP) is 2.97. The van der Waals surface area contributed by atoms with Crippen LogP contribution in [0.25, 0.3) is 11.3 Å². The van der Waals surface area contributed by atoms with Gasteiger partial charge in [0.2, 0.25) is 0 Å². The van der Waals surface area contributed by atoms with Gasteiger partial charge >= 0.3 is 0 Å². The number of aromatic nitrogens is 2. The Kier molecular flexibility index (Phi) is 2.19. The lowest BCUT2D eigenvalue weighted by Gasteiger charge is -1.94. The van der Waals surface area contributed by atoms with Gasteiger partial charge in [-0.2, -0.15) is 0 Å². The highest BCUT2D eigenvalue weighted by atomic mass is 79.9. The van der Waals surface area contributed by atoms with Crippen molar-refractivity contribution in [1.82, 2.24) is 9.97 Å². The normalized spacial score (nSPS) is 10.1. The molecule has 0 atom stereocenters. The molecule has 0 aromatic carbocycles. The number of halogens is 1. The molecule has 2 heterocycles. The van der Waals surface area contributed by atoms with E-state index in [0.717, 1.165) is 15.0 Å². The van der Waals surface area contributed by atoms with Crippen molar-refractivity contribution in [3.05, 3.63) is 33.8 Å². The van der Waals surface area contributed by atoms with Crippen molar-refractivity contribution in [2.45, 2.75) is 0 Å². The molecule has 0 bridgehead atoms. The van der Waals surface area contributed by atoms with Gasteiger partial charge in [-0.3, -0.25) is 4.98 Å². The number of rotatable bonds is 1. The molecule has 0 aliphatic carbocycles. The van der Waals surface area contributed by atoms with Gasteiger partial charge in [-0.1, -0.05) is 0 Å². The number of pyridine rings is 1. The van der Waals surface area contributed by atoms with E-state index in [-0.39, 0.29) is 0 Å². The van der Waals surface area contributed by atoms with Crippen LogP contribution in [0, 0.1) is 0 Å². The minimum Gasteiger partial charge on any atom is -0.264 e. The number of nitrogens with zero attached hydrogens (tertiary/aromatic N) is 2. The Hall–Kier alpha value is -0.740. The third kappa shape index (κ3) is 1.40. The molecule has 2 aromatic heterocycles. The van der Waals surface area contributed by atoms with E-state index in [4.69, 9.17) is 0 Å². The molecule has 0 unspecified atom stereocenters. The van der Waals surface area contributed by atoms with Crippen LogP contribution in [0.4, 0.5) is 0 Å². The van der Waals surface area contributed by atoms with Crippen molar-refractivity contribution in [1.29, 1.82) is 0 Å². The summed E-state index contributed by atoms with van der Waals surface area (Å²) in [6.45, 7) is 0. The van der Waals surface area contributed by atoms with Crippen molar-refractivity contribution >= 4 is 27.3 Å². The average molecular weight is 241 g/mol. The second-order valence-electron chi connectivity index (χ2n) is 2.22. The van der Waals surface area contributed by atoms with Gasteiger partial charge in [-0.05, 0) is 28.1 Å². The number of hydrogen-bond donors (Lipinski definition) is 0. The van der Waals surface area contributed by atoms with E-state index in [2.05, 4.69) is 25.9 Å². The van der Waals surface area contributed by atoms with Crippen molar-refractivity contribution in [2.75, 3.05) is 0 Å². The summed E-state index contributed by atoms with van der Waals surface area (Å²) >= 11 is 5.01. The predicted molar refractivity (Wildman–Crippen MR) is 53.0 cm³/mol. The summed E-state index contributed by atoms with van der Waals surface area (Å²) in [5, 5.41) is 0. The zero-order valence-electron chi connectivity index (χ0n) is 6.07. The van der Waals surface area contributed by atoms with Gasteiger partial charge < -0.3 is 0 Å². The van der Waals surface area contributed by atoms with Gasteiger partial charge in [-0.25, -0.2) is 4.98 Å². The Morgan fingerprint density at radius 3 is 2.92 bits per heavy atom. The molecule has 0 radical (unpaired) electrons. The molecule has 0 N–H and O–H groups in total. The zero-order valence-corrected chi connectivity index (χ0v) is 8.47. The Morgan fingerprint density at radius 2 is 2.33 bits per heavy atom. The molecule has 0 saturated heterocycles. The van der Waals surface area contributed by atoms with Crippen LogP contribution in [0.15, 0.2) is 33.8 Å². The Balaban J connectivity index is 2.51. The highest BCUT2D eigenvalue weighted by Gasteiger charge is 2.04. The van der Waals surface area contributed by atoms with Gasteiger partial charge in [-0.15, -0.1) is 11.3 Å². The summed E-state index contributed by atoms with van der Waals surface area (Å²) < 4.78 is 1.05. The summed E-state index contributed by atoms with van der Waals surface area (Å²) in [7, 11) is 0. The van der Waals surface area contributed by atoms with Crippen LogP contribution in [0.2, 0.25) is 0 Å². The summed E-state index contributed by atoms with van der Waals surface area (Å²) in [5.41, 5.74) is 3.82. The SMILES string of the molecule is Brc1scnc1-c1cccnc1. The van der Waals surface area contributed by atoms with E-state index in [1.165, 1.54) is 0 Å². The Bertz CT molecular complexity index is 372. The van der Waals surface area contributed by atoms with E-state index >= 15 is 0 Å². The summed E-state index contributed by atoms with van der Waals surface area (Å²) in [6, 6.07) is 3.90. The lowest BCUT2D eigenvalue weighted by Crippen LogP contribution is -1.78. The van der Waals surface area contributed by atoms with Crippen LogP contribution >= 0.6 is 27.3 Å². The second-order valence-corrected chi connectivity index (χ2v) is 4.39. The van der Waals surface area contributed by atoms with E-state index in [9.17, 15) is 0 Å². The number of hydrogen-bond acceptors (Lipinski definition) is 3. The van der Waals surface area contributed by atoms with E-state index in [1.54, 1.807) is 23.7 Å². The third-order valence-corrected chi connectivity index (χ3v) is 3.01. The molecule has 0 aliphatic rings. The fourth-order valence-electron chi connectivity index (χ4n) is 0.923. The molecule has 0 fully saturated rings. The van der Waals surface area contributed by atoms with Crippen LogP contribution in [-0.2, 0) is 0 Å². The largest absolute Gasteiger partial charge is 0.264 e. The molecular weight excluding hydrogens is 236 g/mol. The number of thiazole rings is 1. The van der Waals surface area contributed by atoms with Crippen molar-refractivity contribution in [2.24, 2.45) is 0 Å². The molecule has 0 saturated carbocycles. The summed E-state index contributed by atoms with van der Waals surface area (Å²) in [4.78, 5) is 8.24. The van der Waals surface area contributed by atoms with Crippen LogP contribution in [0.3, 0.4) is 0 Å². The standard InChI is InChI=1S/C8H5BrN2S/c9-8-7(11-5-12-8)6-2-1-3-10-4-6/h1-5H. The maximum atomic E-state index is 4.22. The maximum absolute atomic E-state index is 4.22. The van der Waals surface area contributed by atoms with Gasteiger partial charge in [0, 0.05) is 18.0 Å². The zero-order chi connectivity index (χ0) is 8.39. The Labute approximate surface area is 82.4 Å². The minimum atomic E-state index is 0.966. The smallest absolute Gasteiger partial charge is 0.0977 e. The minimum absolute atomic E-state index is 0.966. The van der Waals surface area contributed by atoms with Crippen molar-refractivity contribution < 1.29 is 0 Å². The lowest BCUT2D eigenvalue weighted by molar-refractivity contribution is 1.30. The third-order valence-electron chi connectivity index (χ3n) is 1.46. The topological polar surface area (TPSA) is 25.8 Å². The molecule has 2 aromatic rings. The van der Waals surface area contributed by atoms with E-state index in [0.29, 0.717) is 0 Å². The van der Waals surface area contributed by atoms with Crippen LogP contribution in [0.5, 0.6) is 0 Å². The van der Waals surface area contributed by atoms with Crippen molar-refractivity contribution in [3.8, 4) is 11.3 Å². The lowest BCUT2D eigenvalue weighted by atomic mass is 10.2. The van der Waals surface area contributed by atoms with Crippen LogP contribution in [-0.4, -0.2) is 9.97 Å². The fourth-order valence-corrected chi connectivity index (χ4v) is 2.04. The monoisotopic (exact) mass is 240 g/mol. The average Bonchev–Trinajstić information content (AvgIpc) is 2.53. The highest BCUT2D eigenvalue weighted by Crippen LogP contribution is 2.29. The first-order valence-electron chi connectivity index (χ1n) is 3.37. The molecule has 12 heavy (non-hydrogen) atoms. The van der Waals surface area contributed by atoms with Crippen molar-refractivity contribution in [3.63, 3.8) is 0 Å². The van der Waals surface area contributed by atoms with Gasteiger partial charge in [0.15, 0.2) is 0 Å². The Morgan fingerprint density at radius 1 is 1.42 bits per heavy atom. The summed E-state index contributed by atoms with van der Waals surface area (Å²) in [6.07, 6.45) is 3.56. The second kappa shape index (κ2) is 3.33. The van der Waals surface area contributed by atoms with E-state index < -0.39 is 0 Å². The molecule has 0 amide bonds. The molecule has 4 heteroatoms. The quantitative estimate of drug-likeness (QED) is 0.767. The molecular formula is C8H5BrN2S. The fraction of sp³-hybridized carbons (Fsp3) is 0. The summed E-state index contributed by atoms with van der Waals surface area (Å²) in [5.74, 6) is 0. The van der Waals surface area contributed by atoms with Gasteiger partial charge in [0.1, 0.15) is 0 Å². The maximum Gasteiger partial charge on any atom is 0.0977 e. The highest BCUT2D eigenvalue weighted by molar-refractivity contribution is 9.11. The van der Waals surface area contributed by atoms with Crippen LogP contribution in [0.1, 0.15) is 0 Å². The van der Waals surface area contributed by atoms with Gasteiger partial charge in [0.25, 0.3) is 0 Å². The first-order chi connectivity index (χ1) is 5.88. The van der Waals surface area contributed by atoms with Gasteiger partial charge in [0.05, 0.1) is 15.0 Å². The van der Waals surface area contributed by atoms with E-state index in [1.807, 2.05) is 17.6 Å². The molecule has 2 rings (SSSR count). The molecule has 0 aliphatic heterocycles. The van der Waals surface area contributed by atoms with Crippen LogP contribution < -0.4 is 0 Å². The molecule has 60 valence electrons. The first-order valence-corrected chi connectivity index (χ1v) is 5.04. The molecule has 2 nitrogen and oxygen atoms in total.